The van der Waals surface area contributed by atoms with Gasteiger partial charge in [0.05, 0.1) is 10.8 Å². The van der Waals surface area contributed by atoms with E-state index in [0.717, 1.165) is 11.1 Å². The van der Waals surface area contributed by atoms with Gasteiger partial charge in [-0.05, 0) is 47.7 Å². The first kappa shape index (κ1) is 23.5. The van der Waals surface area contributed by atoms with Gasteiger partial charge in [0.15, 0.2) is 0 Å². The average Bonchev–Trinajstić information content (AvgIpc) is 3.19. The predicted octanol–water partition coefficient (Wildman–Crippen LogP) is 2.89. The standard InChI is InChI=1S/C22H23F3N2O5S/c23-22(24,25)32-18-6-4-15(5-7-18)14-26-8-10-27(11-9-26)33(30,31)20-3-1-2-16-12-17(21(28)29)13-19(16)20/h1-7,17H,8-14H2,(H,28,29). The lowest BCUT2D eigenvalue weighted by molar-refractivity contribution is -0.274. The third-order valence-electron chi connectivity index (χ3n) is 6.01. The summed E-state index contributed by atoms with van der Waals surface area (Å²) in [6, 6.07) is 10.6. The Hall–Kier alpha value is -2.63. The van der Waals surface area contributed by atoms with Gasteiger partial charge in [-0.3, -0.25) is 9.69 Å². The lowest BCUT2D eigenvalue weighted by Crippen LogP contribution is -2.48. The molecule has 178 valence electrons. The number of piperazine rings is 1. The molecule has 1 N–H and O–H groups in total. The summed E-state index contributed by atoms with van der Waals surface area (Å²) in [5, 5.41) is 9.32. The Morgan fingerprint density at radius 1 is 1.03 bits per heavy atom. The number of nitrogens with zero attached hydrogens (tertiary/aromatic N) is 2. The fraction of sp³-hybridized carbons (Fsp3) is 0.409. The molecular formula is C22H23F3N2O5S. The van der Waals surface area contributed by atoms with Crippen molar-refractivity contribution in [3.05, 3.63) is 59.2 Å². The van der Waals surface area contributed by atoms with Crippen LogP contribution in [0.15, 0.2) is 47.4 Å². The summed E-state index contributed by atoms with van der Waals surface area (Å²) in [5.74, 6) is -1.83. The number of fused-ring (bicyclic) bond motifs is 1. The van der Waals surface area contributed by atoms with Crippen LogP contribution >= 0.6 is 0 Å². The van der Waals surface area contributed by atoms with Crippen LogP contribution in [-0.4, -0.2) is 61.2 Å². The highest BCUT2D eigenvalue weighted by molar-refractivity contribution is 7.89. The maximum absolute atomic E-state index is 13.3. The minimum Gasteiger partial charge on any atom is -0.481 e. The SMILES string of the molecule is O=C(O)C1Cc2cccc(S(=O)(=O)N3CCN(Cc4ccc(OC(F)(F)F)cc4)CC3)c2C1. The van der Waals surface area contributed by atoms with Crippen molar-refractivity contribution in [1.29, 1.82) is 0 Å². The Bertz CT molecular complexity index is 1130. The molecule has 1 unspecified atom stereocenters. The zero-order valence-electron chi connectivity index (χ0n) is 17.6. The van der Waals surface area contributed by atoms with Crippen LogP contribution in [-0.2, 0) is 34.2 Å². The molecule has 2 aromatic carbocycles. The third kappa shape index (κ3) is 5.31. The molecule has 1 aliphatic carbocycles. The Kier molecular flexibility index (Phi) is 6.39. The Morgan fingerprint density at radius 3 is 2.30 bits per heavy atom. The lowest BCUT2D eigenvalue weighted by atomic mass is 10.1. The molecule has 1 aliphatic heterocycles. The molecule has 0 saturated carbocycles. The smallest absolute Gasteiger partial charge is 0.481 e. The number of ether oxygens (including phenoxy) is 1. The van der Waals surface area contributed by atoms with Gasteiger partial charge in [-0.25, -0.2) is 8.42 Å². The number of carboxylic acid groups (broad SMARTS) is 1. The molecule has 0 bridgehead atoms. The van der Waals surface area contributed by atoms with Crippen LogP contribution < -0.4 is 4.74 Å². The number of benzene rings is 2. The molecule has 1 atom stereocenters. The van der Waals surface area contributed by atoms with Gasteiger partial charge in [0.1, 0.15) is 5.75 Å². The highest BCUT2D eigenvalue weighted by atomic mass is 32.2. The van der Waals surface area contributed by atoms with Crippen molar-refractivity contribution in [2.45, 2.75) is 30.6 Å². The first-order valence-corrected chi connectivity index (χ1v) is 11.9. The maximum atomic E-state index is 13.3. The van der Waals surface area contributed by atoms with Crippen molar-refractivity contribution in [3.63, 3.8) is 0 Å². The van der Waals surface area contributed by atoms with Crippen molar-refractivity contribution < 1.29 is 36.2 Å². The zero-order chi connectivity index (χ0) is 23.8. The van der Waals surface area contributed by atoms with Gasteiger partial charge >= 0.3 is 12.3 Å². The summed E-state index contributed by atoms with van der Waals surface area (Å²) >= 11 is 0. The quantitative estimate of drug-likeness (QED) is 0.679. The molecule has 7 nitrogen and oxygen atoms in total. The largest absolute Gasteiger partial charge is 0.573 e. The number of alkyl halides is 3. The number of carbonyl (C=O) groups is 1. The van der Waals surface area contributed by atoms with E-state index in [0.29, 0.717) is 31.6 Å². The zero-order valence-corrected chi connectivity index (χ0v) is 18.4. The Morgan fingerprint density at radius 2 is 1.70 bits per heavy atom. The van der Waals surface area contributed by atoms with E-state index in [2.05, 4.69) is 4.74 Å². The van der Waals surface area contributed by atoms with Crippen LogP contribution in [0.5, 0.6) is 5.75 Å². The van der Waals surface area contributed by atoms with Gasteiger partial charge in [-0.15, -0.1) is 13.2 Å². The second-order valence-corrected chi connectivity index (χ2v) is 10.1. The minimum atomic E-state index is -4.74. The number of hydrogen-bond donors (Lipinski definition) is 1. The van der Waals surface area contributed by atoms with Crippen molar-refractivity contribution in [2.24, 2.45) is 5.92 Å². The van der Waals surface area contributed by atoms with Crippen molar-refractivity contribution in [1.82, 2.24) is 9.21 Å². The van der Waals surface area contributed by atoms with Crippen LogP contribution in [0, 0.1) is 5.92 Å². The van der Waals surface area contributed by atoms with Crippen molar-refractivity contribution >= 4 is 16.0 Å². The summed E-state index contributed by atoms with van der Waals surface area (Å²) < 4.78 is 68.7. The second kappa shape index (κ2) is 8.96. The van der Waals surface area contributed by atoms with Crippen LogP contribution in [0.1, 0.15) is 16.7 Å². The van der Waals surface area contributed by atoms with Gasteiger partial charge < -0.3 is 9.84 Å². The van der Waals surface area contributed by atoms with Gasteiger partial charge in [0, 0.05) is 32.7 Å². The number of hydrogen-bond acceptors (Lipinski definition) is 5. The van der Waals surface area contributed by atoms with Gasteiger partial charge in [-0.2, -0.15) is 4.31 Å². The van der Waals surface area contributed by atoms with E-state index >= 15 is 0 Å². The first-order valence-electron chi connectivity index (χ1n) is 10.4. The second-order valence-electron chi connectivity index (χ2n) is 8.21. The fourth-order valence-corrected chi connectivity index (χ4v) is 6.05. The van der Waals surface area contributed by atoms with E-state index in [4.69, 9.17) is 0 Å². The van der Waals surface area contributed by atoms with E-state index in [-0.39, 0.29) is 30.2 Å². The average molecular weight is 484 g/mol. The van der Waals surface area contributed by atoms with E-state index in [1.54, 1.807) is 24.3 Å². The van der Waals surface area contributed by atoms with Crippen LogP contribution in [0.25, 0.3) is 0 Å². The summed E-state index contributed by atoms with van der Waals surface area (Å²) in [7, 11) is -3.77. The summed E-state index contributed by atoms with van der Waals surface area (Å²) in [5.41, 5.74) is 2.15. The number of sulfonamides is 1. The summed E-state index contributed by atoms with van der Waals surface area (Å²) in [6.45, 7) is 1.94. The summed E-state index contributed by atoms with van der Waals surface area (Å²) in [6.07, 6.45) is -4.21. The topological polar surface area (TPSA) is 87.1 Å². The van der Waals surface area contributed by atoms with Crippen LogP contribution in [0.3, 0.4) is 0 Å². The lowest BCUT2D eigenvalue weighted by Gasteiger charge is -2.34. The molecular weight excluding hydrogens is 461 g/mol. The number of aliphatic carboxylic acids is 1. The molecule has 2 aromatic rings. The van der Waals surface area contributed by atoms with E-state index in [9.17, 15) is 31.5 Å². The maximum Gasteiger partial charge on any atom is 0.573 e. The molecule has 0 amide bonds. The number of rotatable bonds is 6. The molecule has 1 fully saturated rings. The molecule has 4 rings (SSSR count). The monoisotopic (exact) mass is 484 g/mol. The molecule has 0 aromatic heterocycles. The molecule has 33 heavy (non-hydrogen) atoms. The van der Waals surface area contributed by atoms with E-state index < -0.39 is 28.3 Å². The Labute approximate surface area is 189 Å². The molecule has 1 heterocycles. The first-order chi connectivity index (χ1) is 15.5. The van der Waals surface area contributed by atoms with Gasteiger partial charge in [-0.1, -0.05) is 24.3 Å². The normalized spacial score (nSPS) is 19.9. The van der Waals surface area contributed by atoms with Gasteiger partial charge in [0.2, 0.25) is 10.0 Å². The van der Waals surface area contributed by atoms with E-state index in [1.807, 2.05) is 4.90 Å². The van der Waals surface area contributed by atoms with Crippen molar-refractivity contribution in [2.75, 3.05) is 26.2 Å². The van der Waals surface area contributed by atoms with Crippen LogP contribution in [0.4, 0.5) is 13.2 Å². The van der Waals surface area contributed by atoms with Crippen LogP contribution in [0.2, 0.25) is 0 Å². The summed E-state index contributed by atoms with van der Waals surface area (Å²) in [4.78, 5) is 13.6. The third-order valence-corrected chi connectivity index (χ3v) is 7.99. The Balaban J connectivity index is 1.39. The molecule has 0 spiro atoms. The highest BCUT2D eigenvalue weighted by Crippen LogP contribution is 2.33. The molecule has 2 aliphatic rings. The molecule has 0 radical (unpaired) electrons. The predicted molar refractivity (Wildman–Crippen MR) is 112 cm³/mol. The number of halogens is 3. The fourth-order valence-electron chi connectivity index (χ4n) is 4.36. The highest BCUT2D eigenvalue weighted by Gasteiger charge is 2.35. The minimum absolute atomic E-state index is 0.178. The van der Waals surface area contributed by atoms with E-state index in [1.165, 1.54) is 22.5 Å². The number of carboxylic acids is 1. The molecule has 1 saturated heterocycles. The van der Waals surface area contributed by atoms with Crippen molar-refractivity contribution in [3.8, 4) is 5.75 Å². The van der Waals surface area contributed by atoms with Gasteiger partial charge in [0.25, 0.3) is 0 Å². The molecule has 11 heteroatoms.